The van der Waals surface area contributed by atoms with Crippen LogP contribution in [0, 0.1) is 12.3 Å². The van der Waals surface area contributed by atoms with E-state index < -0.39 is 5.97 Å². The van der Waals surface area contributed by atoms with Gasteiger partial charge in [-0.2, -0.15) is 0 Å². The van der Waals surface area contributed by atoms with Crippen LogP contribution < -0.4 is 10.1 Å². The van der Waals surface area contributed by atoms with Gasteiger partial charge >= 0.3 is 5.97 Å². The van der Waals surface area contributed by atoms with Crippen LogP contribution >= 0.6 is 0 Å². The maximum absolute atomic E-state index is 11.2. The molecule has 1 fully saturated rings. The second-order valence-corrected chi connectivity index (χ2v) is 9.62. The lowest BCUT2D eigenvalue weighted by Gasteiger charge is -2.28. The van der Waals surface area contributed by atoms with Gasteiger partial charge in [-0.15, -0.1) is 0 Å². The zero-order valence-electron chi connectivity index (χ0n) is 19.8. The van der Waals surface area contributed by atoms with Gasteiger partial charge in [-0.3, -0.25) is 0 Å². The molecular weight excluding hydrogens is 402 g/mol. The molecule has 0 spiro atoms. The van der Waals surface area contributed by atoms with Gasteiger partial charge in [-0.25, -0.2) is 9.78 Å². The highest BCUT2D eigenvalue weighted by Gasteiger charge is 2.20. The Morgan fingerprint density at radius 2 is 1.78 bits per heavy atom. The van der Waals surface area contributed by atoms with Crippen molar-refractivity contribution in [2.75, 3.05) is 5.32 Å². The van der Waals surface area contributed by atoms with Gasteiger partial charge in [0.2, 0.25) is 5.95 Å². The first-order valence-corrected chi connectivity index (χ1v) is 11.4. The summed E-state index contributed by atoms with van der Waals surface area (Å²) in [5.74, 6) is 0.416. The van der Waals surface area contributed by atoms with Crippen LogP contribution in [0.25, 0.3) is 11.0 Å². The average molecular weight is 438 g/mol. The van der Waals surface area contributed by atoms with Gasteiger partial charge in [0.05, 0.1) is 22.7 Å². The van der Waals surface area contributed by atoms with Gasteiger partial charge in [0, 0.05) is 5.69 Å². The number of carboxylic acid groups (broad SMARTS) is 1. The number of carboxylic acids is 1. The lowest BCUT2D eigenvalue weighted by molar-refractivity contribution is 0.0696. The van der Waals surface area contributed by atoms with E-state index in [1.165, 1.54) is 32.1 Å². The highest BCUT2D eigenvalue weighted by atomic mass is 16.5. The minimum absolute atomic E-state index is 0.130. The summed E-state index contributed by atoms with van der Waals surface area (Å²) in [6, 6.07) is 10.9. The summed E-state index contributed by atoms with van der Waals surface area (Å²) >= 11 is 0. The fraction of sp³-hybridized carbons (Fsp3) is 0.462. The molecule has 6 nitrogen and oxygen atoms in total. The zero-order chi connectivity index (χ0) is 23.3. The minimum Gasteiger partial charge on any atom is -0.491 e. The number of anilines is 2. The first kappa shape index (κ1) is 23.6. The number of rotatable bonds is 5. The standard InChI is InChI=1S/C18H19N3O3.C8H16/c1-10(2)24-13-6-4-12(5-7-13)19-18-20-15-8-11(3)14(17(22)23)9-16(15)21-18;1-8(2)6-4-3-5-7-8/h4-10H,1-3H3,(H,22,23)(H2,19,20,21);3-7H2,1-2H3. The number of imidazole rings is 1. The van der Waals surface area contributed by atoms with Crippen LogP contribution in [0.3, 0.4) is 0 Å². The van der Waals surface area contributed by atoms with Crippen LogP contribution in [-0.2, 0) is 0 Å². The molecule has 0 bridgehead atoms. The molecule has 0 unspecified atom stereocenters. The van der Waals surface area contributed by atoms with Crippen molar-refractivity contribution in [3.8, 4) is 5.75 Å². The third-order valence-electron chi connectivity index (χ3n) is 5.75. The van der Waals surface area contributed by atoms with E-state index >= 15 is 0 Å². The number of nitrogens with zero attached hydrogens (tertiary/aromatic N) is 1. The Balaban J connectivity index is 0.000000305. The molecule has 3 N–H and O–H groups in total. The quantitative estimate of drug-likeness (QED) is 0.397. The molecule has 6 heteroatoms. The third kappa shape index (κ3) is 6.49. The fourth-order valence-corrected chi connectivity index (χ4v) is 3.99. The highest BCUT2D eigenvalue weighted by molar-refractivity contribution is 5.94. The van der Waals surface area contributed by atoms with Gasteiger partial charge in [-0.05, 0) is 81.0 Å². The number of ether oxygens (including phenoxy) is 1. The topological polar surface area (TPSA) is 87.2 Å². The summed E-state index contributed by atoms with van der Waals surface area (Å²) in [5, 5.41) is 12.4. The predicted octanol–water partition coefficient (Wildman–Crippen LogP) is 7.08. The van der Waals surface area contributed by atoms with Crippen LogP contribution in [0.2, 0.25) is 0 Å². The number of aromatic amines is 1. The van der Waals surface area contributed by atoms with E-state index in [4.69, 9.17) is 4.74 Å². The monoisotopic (exact) mass is 437 g/mol. The zero-order valence-corrected chi connectivity index (χ0v) is 19.8. The smallest absolute Gasteiger partial charge is 0.336 e. The van der Waals surface area contributed by atoms with E-state index in [0.29, 0.717) is 22.4 Å². The van der Waals surface area contributed by atoms with Crippen LogP contribution in [0.15, 0.2) is 36.4 Å². The summed E-state index contributed by atoms with van der Waals surface area (Å²) in [6.07, 6.45) is 7.44. The predicted molar refractivity (Wildman–Crippen MR) is 130 cm³/mol. The molecule has 1 heterocycles. The Morgan fingerprint density at radius 3 is 2.31 bits per heavy atom. The Kier molecular flexibility index (Phi) is 7.44. The molecule has 32 heavy (non-hydrogen) atoms. The van der Waals surface area contributed by atoms with Gasteiger partial charge in [-0.1, -0.05) is 33.1 Å². The number of hydrogen-bond donors (Lipinski definition) is 3. The number of aryl methyl sites for hydroxylation is 1. The molecule has 0 radical (unpaired) electrons. The molecule has 0 aliphatic heterocycles. The van der Waals surface area contributed by atoms with Crippen molar-refractivity contribution in [2.24, 2.45) is 5.41 Å². The molecule has 0 atom stereocenters. The molecule has 2 aromatic carbocycles. The van der Waals surface area contributed by atoms with Crippen molar-refractivity contribution >= 4 is 28.6 Å². The molecule has 3 aromatic rings. The number of aromatic carboxylic acids is 1. The summed E-state index contributed by atoms with van der Waals surface area (Å²) in [4.78, 5) is 18.8. The van der Waals surface area contributed by atoms with Crippen molar-refractivity contribution in [2.45, 2.75) is 72.8 Å². The first-order chi connectivity index (χ1) is 15.1. The van der Waals surface area contributed by atoms with E-state index in [2.05, 4.69) is 29.1 Å². The second-order valence-electron chi connectivity index (χ2n) is 9.62. The molecule has 1 saturated carbocycles. The summed E-state index contributed by atoms with van der Waals surface area (Å²) < 4.78 is 5.61. The molecule has 1 aromatic heterocycles. The second kappa shape index (κ2) is 10.1. The Labute approximate surface area is 190 Å². The lowest BCUT2D eigenvalue weighted by atomic mass is 9.78. The van der Waals surface area contributed by atoms with E-state index in [-0.39, 0.29) is 11.7 Å². The molecule has 4 rings (SSSR count). The summed E-state index contributed by atoms with van der Waals surface area (Å²) in [5.41, 5.74) is 3.90. The van der Waals surface area contributed by atoms with Gasteiger partial charge in [0.1, 0.15) is 5.75 Å². The summed E-state index contributed by atoms with van der Waals surface area (Å²) in [6.45, 7) is 10.5. The lowest BCUT2D eigenvalue weighted by Crippen LogP contribution is -2.14. The van der Waals surface area contributed by atoms with Gasteiger partial charge in [0.25, 0.3) is 0 Å². The summed E-state index contributed by atoms with van der Waals surface area (Å²) in [7, 11) is 0. The molecular formula is C26H35N3O3. The number of fused-ring (bicyclic) bond motifs is 1. The van der Waals surface area contributed by atoms with E-state index in [1.807, 2.05) is 38.1 Å². The normalized spacial score (nSPS) is 15.2. The van der Waals surface area contributed by atoms with E-state index in [0.717, 1.165) is 17.0 Å². The Bertz CT molecular complexity index is 1040. The number of carbonyl (C=O) groups is 1. The van der Waals surface area contributed by atoms with Gasteiger partial charge in [0.15, 0.2) is 0 Å². The van der Waals surface area contributed by atoms with Crippen LogP contribution in [0.1, 0.15) is 75.7 Å². The van der Waals surface area contributed by atoms with E-state index in [9.17, 15) is 9.90 Å². The number of benzene rings is 2. The van der Waals surface area contributed by atoms with Crippen LogP contribution in [0.4, 0.5) is 11.6 Å². The van der Waals surface area contributed by atoms with Gasteiger partial charge < -0.3 is 20.1 Å². The van der Waals surface area contributed by atoms with Crippen LogP contribution in [0.5, 0.6) is 5.75 Å². The fourth-order valence-electron chi connectivity index (χ4n) is 3.99. The number of hydrogen-bond acceptors (Lipinski definition) is 4. The van der Waals surface area contributed by atoms with Crippen molar-refractivity contribution in [1.82, 2.24) is 9.97 Å². The Hall–Kier alpha value is -3.02. The number of H-pyrrole nitrogens is 1. The molecule has 0 amide bonds. The number of nitrogens with one attached hydrogen (secondary N) is 2. The number of aromatic nitrogens is 2. The largest absolute Gasteiger partial charge is 0.491 e. The highest BCUT2D eigenvalue weighted by Crippen LogP contribution is 2.34. The van der Waals surface area contributed by atoms with Crippen molar-refractivity contribution in [3.63, 3.8) is 0 Å². The molecule has 172 valence electrons. The average Bonchev–Trinajstić information content (AvgIpc) is 3.09. The maximum Gasteiger partial charge on any atom is 0.336 e. The maximum atomic E-state index is 11.2. The first-order valence-electron chi connectivity index (χ1n) is 11.4. The molecule has 0 saturated heterocycles. The van der Waals surface area contributed by atoms with E-state index in [1.54, 1.807) is 19.1 Å². The SMILES string of the molecule is CC1(C)CCCCC1.Cc1cc2[nH]c(Nc3ccc(OC(C)C)cc3)nc2cc1C(=O)O. The molecule has 1 aliphatic rings. The van der Waals surface area contributed by atoms with Crippen molar-refractivity contribution < 1.29 is 14.6 Å². The third-order valence-corrected chi connectivity index (χ3v) is 5.75. The molecule has 1 aliphatic carbocycles. The van der Waals surface area contributed by atoms with Crippen LogP contribution in [-0.4, -0.2) is 27.1 Å². The minimum atomic E-state index is -0.951. The Morgan fingerprint density at radius 1 is 1.12 bits per heavy atom. The van der Waals surface area contributed by atoms with Crippen molar-refractivity contribution in [3.05, 3.63) is 47.5 Å². The van der Waals surface area contributed by atoms with Crippen molar-refractivity contribution in [1.29, 1.82) is 0 Å².